The number of nitrogens with zero attached hydrogens (tertiary/aromatic N) is 4. The molecule has 0 bridgehead atoms. The van der Waals surface area contributed by atoms with Gasteiger partial charge in [0.15, 0.2) is 0 Å². The van der Waals surface area contributed by atoms with E-state index in [0.717, 1.165) is 57.9 Å². The van der Waals surface area contributed by atoms with Crippen LogP contribution in [0.15, 0.2) is 6.20 Å². The van der Waals surface area contributed by atoms with Gasteiger partial charge in [-0.3, -0.25) is 14.4 Å². The van der Waals surface area contributed by atoms with Crippen LogP contribution in [0.1, 0.15) is 49.3 Å². The molecule has 2 atom stereocenters. The molecule has 0 aromatic carbocycles. The molecule has 1 saturated carbocycles. The quantitative estimate of drug-likeness (QED) is 0.845. The molecule has 0 spiro atoms. The summed E-state index contributed by atoms with van der Waals surface area (Å²) in [5.74, 6) is 1.72. The summed E-state index contributed by atoms with van der Waals surface area (Å²) in [6.07, 6.45) is 7.60. The summed E-state index contributed by atoms with van der Waals surface area (Å²) in [7, 11) is 4.04. The summed E-state index contributed by atoms with van der Waals surface area (Å²) < 4.78 is 2.08. The maximum absolute atomic E-state index is 12.3. The standard InChI is InChI=1S/C19H31N5O/c1-20-8-10-24-17-7-9-23(12-15(17)5-6-18(24)25)13-16-11-21-22(2)19(16)14-3-4-14/h11,14-15,17,20H,3-10,12-13H2,1-2H3/t15-,17+/m0/s1. The highest BCUT2D eigenvalue weighted by molar-refractivity contribution is 5.77. The molecule has 1 aliphatic carbocycles. The normalized spacial score (nSPS) is 27.6. The maximum atomic E-state index is 12.3. The number of piperidine rings is 2. The number of carbonyl (C=O) groups excluding carboxylic acids is 1. The van der Waals surface area contributed by atoms with Gasteiger partial charge in [-0.05, 0) is 38.6 Å². The summed E-state index contributed by atoms with van der Waals surface area (Å²) in [5.41, 5.74) is 2.87. The molecule has 1 aromatic rings. The number of carbonyl (C=O) groups is 1. The van der Waals surface area contributed by atoms with Gasteiger partial charge in [-0.25, -0.2) is 0 Å². The van der Waals surface area contributed by atoms with Crippen molar-refractivity contribution in [2.75, 3.05) is 33.2 Å². The molecule has 1 N–H and O–H groups in total. The average molecular weight is 345 g/mol. The fourth-order valence-corrected chi connectivity index (χ4v) is 4.83. The fourth-order valence-electron chi connectivity index (χ4n) is 4.83. The molecule has 0 radical (unpaired) electrons. The Balaban J connectivity index is 1.40. The third-order valence-electron chi connectivity index (χ3n) is 6.25. The summed E-state index contributed by atoms with van der Waals surface area (Å²) >= 11 is 0. The van der Waals surface area contributed by atoms with Crippen molar-refractivity contribution in [3.63, 3.8) is 0 Å². The first-order valence-corrected chi connectivity index (χ1v) is 9.84. The fraction of sp³-hybridized carbons (Fsp3) is 0.789. The number of hydrogen-bond donors (Lipinski definition) is 1. The van der Waals surface area contributed by atoms with Crippen LogP contribution in [0.4, 0.5) is 0 Å². The van der Waals surface area contributed by atoms with E-state index in [9.17, 15) is 4.79 Å². The van der Waals surface area contributed by atoms with Gasteiger partial charge in [0, 0.05) is 69.4 Å². The van der Waals surface area contributed by atoms with E-state index in [-0.39, 0.29) is 0 Å². The lowest BCUT2D eigenvalue weighted by Crippen LogP contribution is -2.56. The molecule has 2 saturated heterocycles. The van der Waals surface area contributed by atoms with Crippen LogP contribution in [0.2, 0.25) is 0 Å². The lowest BCUT2D eigenvalue weighted by atomic mass is 9.83. The predicted octanol–water partition coefficient (Wildman–Crippen LogP) is 1.33. The van der Waals surface area contributed by atoms with Crippen LogP contribution < -0.4 is 5.32 Å². The molecule has 138 valence electrons. The van der Waals surface area contributed by atoms with E-state index in [4.69, 9.17) is 0 Å². The van der Waals surface area contributed by atoms with Gasteiger partial charge in [0.05, 0.1) is 6.20 Å². The zero-order valence-electron chi connectivity index (χ0n) is 15.6. The molecule has 6 nitrogen and oxygen atoms in total. The molecular weight excluding hydrogens is 314 g/mol. The molecule has 0 unspecified atom stereocenters. The van der Waals surface area contributed by atoms with Gasteiger partial charge in [0.2, 0.25) is 5.91 Å². The Morgan fingerprint density at radius 3 is 2.88 bits per heavy atom. The van der Waals surface area contributed by atoms with Gasteiger partial charge in [0.1, 0.15) is 0 Å². The highest BCUT2D eigenvalue weighted by Gasteiger charge is 2.39. The molecule has 4 rings (SSSR count). The van der Waals surface area contributed by atoms with Crippen molar-refractivity contribution in [2.45, 2.75) is 50.6 Å². The monoisotopic (exact) mass is 345 g/mol. The SMILES string of the molecule is CNCCN1C(=O)CC[C@H]2CN(Cc3cnn(C)c3C3CC3)CC[C@H]21. The molecule has 3 aliphatic rings. The van der Waals surface area contributed by atoms with Crippen molar-refractivity contribution in [1.29, 1.82) is 0 Å². The number of nitrogens with one attached hydrogen (secondary N) is 1. The highest BCUT2D eigenvalue weighted by atomic mass is 16.2. The summed E-state index contributed by atoms with van der Waals surface area (Å²) in [5, 5.41) is 7.69. The third-order valence-corrected chi connectivity index (χ3v) is 6.25. The van der Waals surface area contributed by atoms with Crippen molar-refractivity contribution >= 4 is 5.91 Å². The second-order valence-electron chi connectivity index (χ2n) is 8.03. The van der Waals surface area contributed by atoms with Crippen LogP contribution in [0.25, 0.3) is 0 Å². The van der Waals surface area contributed by atoms with E-state index in [0.29, 0.717) is 17.9 Å². The van der Waals surface area contributed by atoms with E-state index >= 15 is 0 Å². The smallest absolute Gasteiger partial charge is 0.222 e. The number of aromatic nitrogens is 2. The maximum Gasteiger partial charge on any atom is 0.222 e. The predicted molar refractivity (Wildman–Crippen MR) is 97.2 cm³/mol. The van der Waals surface area contributed by atoms with Crippen LogP contribution in [-0.4, -0.2) is 64.8 Å². The Kier molecular flexibility index (Phi) is 4.82. The number of hydrogen-bond acceptors (Lipinski definition) is 4. The van der Waals surface area contributed by atoms with Crippen molar-refractivity contribution in [3.8, 4) is 0 Å². The zero-order chi connectivity index (χ0) is 17.4. The lowest BCUT2D eigenvalue weighted by molar-refractivity contribution is -0.141. The third kappa shape index (κ3) is 3.47. The van der Waals surface area contributed by atoms with Crippen molar-refractivity contribution < 1.29 is 4.79 Å². The second kappa shape index (κ2) is 7.08. The van der Waals surface area contributed by atoms with Crippen LogP contribution >= 0.6 is 0 Å². The lowest BCUT2D eigenvalue weighted by Gasteiger charge is -2.47. The number of fused-ring (bicyclic) bond motifs is 1. The number of rotatable bonds is 6. The summed E-state index contributed by atoms with van der Waals surface area (Å²) in [6, 6.07) is 0.447. The Morgan fingerprint density at radius 1 is 1.28 bits per heavy atom. The topological polar surface area (TPSA) is 53.4 Å². The Labute approximate surface area is 150 Å². The molecule has 2 aliphatic heterocycles. The van der Waals surface area contributed by atoms with Crippen LogP contribution in [0.5, 0.6) is 0 Å². The van der Waals surface area contributed by atoms with Crippen LogP contribution in [0.3, 0.4) is 0 Å². The van der Waals surface area contributed by atoms with Gasteiger partial charge in [0.25, 0.3) is 0 Å². The van der Waals surface area contributed by atoms with E-state index < -0.39 is 0 Å². The van der Waals surface area contributed by atoms with Crippen LogP contribution in [0, 0.1) is 5.92 Å². The Morgan fingerprint density at radius 2 is 2.12 bits per heavy atom. The van der Waals surface area contributed by atoms with Gasteiger partial charge in [-0.1, -0.05) is 0 Å². The molecule has 3 fully saturated rings. The first kappa shape index (κ1) is 17.0. The minimum Gasteiger partial charge on any atom is -0.338 e. The van der Waals surface area contributed by atoms with Crippen molar-refractivity contribution in [2.24, 2.45) is 13.0 Å². The van der Waals surface area contributed by atoms with E-state index in [2.05, 4.69) is 38.1 Å². The van der Waals surface area contributed by atoms with Gasteiger partial charge >= 0.3 is 0 Å². The van der Waals surface area contributed by atoms with Crippen LogP contribution in [-0.2, 0) is 18.4 Å². The average Bonchev–Trinajstić information content (AvgIpc) is 3.38. The van der Waals surface area contributed by atoms with Gasteiger partial charge in [-0.15, -0.1) is 0 Å². The number of likely N-dealkylation sites (N-methyl/N-ethyl adjacent to an activating group) is 1. The summed E-state index contributed by atoms with van der Waals surface area (Å²) in [4.78, 5) is 17.1. The second-order valence-corrected chi connectivity index (χ2v) is 8.03. The zero-order valence-corrected chi connectivity index (χ0v) is 15.6. The molecule has 1 aromatic heterocycles. The van der Waals surface area contributed by atoms with E-state index in [1.54, 1.807) is 0 Å². The summed E-state index contributed by atoms with van der Waals surface area (Å²) in [6.45, 7) is 4.97. The van der Waals surface area contributed by atoms with Gasteiger partial charge in [-0.2, -0.15) is 5.10 Å². The molecule has 1 amide bonds. The van der Waals surface area contributed by atoms with E-state index in [1.165, 1.54) is 24.1 Å². The molecular formula is C19H31N5O. The largest absolute Gasteiger partial charge is 0.338 e. The first-order chi connectivity index (χ1) is 12.2. The highest BCUT2D eigenvalue weighted by Crippen LogP contribution is 2.42. The number of amides is 1. The molecule has 6 heteroatoms. The van der Waals surface area contributed by atoms with E-state index in [1.807, 2.05) is 7.05 Å². The minimum atomic E-state index is 0.355. The van der Waals surface area contributed by atoms with Crippen molar-refractivity contribution in [1.82, 2.24) is 24.9 Å². The minimum absolute atomic E-state index is 0.355. The Hall–Kier alpha value is -1.40. The number of aryl methyl sites for hydroxylation is 1. The molecule has 3 heterocycles. The Bertz CT molecular complexity index is 623. The van der Waals surface area contributed by atoms with Crippen molar-refractivity contribution in [3.05, 3.63) is 17.5 Å². The van der Waals surface area contributed by atoms with Gasteiger partial charge < -0.3 is 10.2 Å². The number of likely N-dealkylation sites (tertiary alicyclic amines) is 2. The molecule has 25 heavy (non-hydrogen) atoms. The first-order valence-electron chi connectivity index (χ1n) is 9.84.